The van der Waals surface area contributed by atoms with Crippen LogP contribution in [0.2, 0.25) is 0 Å². The second-order valence-electron chi connectivity index (χ2n) is 4.73. The van der Waals surface area contributed by atoms with E-state index in [1.54, 1.807) is 6.92 Å². The van der Waals surface area contributed by atoms with Gasteiger partial charge in [0.25, 0.3) is 0 Å². The van der Waals surface area contributed by atoms with Crippen molar-refractivity contribution < 1.29 is 18.3 Å². The standard InChI is InChI=1S/C13H19NO4S/c1-4-19(17,18)10-5-6-12(15)11(8-10)14-13(16)7-9(2)3/h5-6,8-9,15H,4,7H2,1-3H3,(H,14,16). The second kappa shape index (κ2) is 6.06. The molecule has 2 N–H and O–H groups in total. The third-order valence-electron chi connectivity index (χ3n) is 2.57. The lowest BCUT2D eigenvalue weighted by Gasteiger charge is -2.10. The molecule has 1 amide bonds. The molecule has 5 nitrogen and oxygen atoms in total. The van der Waals surface area contributed by atoms with Crippen LogP contribution >= 0.6 is 0 Å². The van der Waals surface area contributed by atoms with Gasteiger partial charge >= 0.3 is 0 Å². The van der Waals surface area contributed by atoms with Gasteiger partial charge in [-0.1, -0.05) is 20.8 Å². The highest BCUT2D eigenvalue weighted by molar-refractivity contribution is 7.91. The number of amides is 1. The van der Waals surface area contributed by atoms with Crippen molar-refractivity contribution in [1.29, 1.82) is 0 Å². The summed E-state index contributed by atoms with van der Waals surface area (Å²) in [4.78, 5) is 11.7. The van der Waals surface area contributed by atoms with Gasteiger partial charge in [0.2, 0.25) is 5.91 Å². The highest BCUT2D eigenvalue weighted by Crippen LogP contribution is 2.27. The number of benzene rings is 1. The first-order chi connectivity index (χ1) is 8.76. The Kier molecular flexibility index (Phi) is 4.94. The summed E-state index contributed by atoms with van der Waals surface area (Å²) in [6, 6.07) is 3.88. The Balaban J connectivity index is 3.02. The van der Waals surface area contributed by atoms with Crippen LogP contribution in [0.25, 0.3) is 0 Å². The Morgan fingerprint density at radius 3 is 2.53 bits per heavy atom. The van der Waals surface area contributed by atoms with Crippen LogP contribution in [-0.4, -0.2) is 25.2 Å². The number of sulfone groups is 1. The summed E-state index contributed by atoms with van der Waals surface area (Å²) in [6.45, 7) is 5.34. The van der Waals surface area contributed by atoms with E-state index in [-0.39, 0.29) is 33.9 Å². The molecule has 0 radical (unpaired) electrons. The highest BCUT2D eigenvalue weighted by atomic mass is 32.2. The number of carbonyl (C=O) groups is 1. The number of hydrogen-bond acceptors (Lipinski definition) is 4. The molecule has 0 fully saturated rings. The van der Waals surface area contributed by atoms with Gasteiger partial charge in [0.15, 0.2) is 9.84 Å². The maximum atomic E-state index is 11.7. The lowest BCUT2D eigenvalue weighted by atomic mass is 10.1. The van der Waals surface area contributed by atoms with Gasteiger partial charge in [0, 0.05) is 6.42 Å². The molecule has 106 valence electrons. The van der Waals surface area contributed by atoms with Crippen LogP contribution in [0.3, 0.4) is 0 Å². The van der Waals surface area contributed by atoms with Crippen LogP contribution in [0, 0.1) is 5.92 Å². The van der Waals surface area contributed by atoms with Gasteiger partial charge in [-0.25, -0.2) is 8.42 Å². The fourth-order valence-corrected chi connectivity index (χ4v) is 2.45. The number of phenolic OH excluding ortho intramolecular Hbond substituents is 1. The third kappa shape index (κ3) is 4.24. The smallest absolute Gasteiger partial charge is 0.224 e. The molecule has 0 heterocycles. The van der Waals surface area contributed by atoms with E-state index in [0.29, 0.717) is 6.42 Å². The summed E-state index contributed by atoms with van der Waals surface area (Å²) in [5, 5.41) is 12.2. The molecule has 0 spiro atoms. The molecule has 0 aromatic heterocycles. The van der Waals surface area contributed by atoms with Gasteiger partial charge < -0.3 is 10.4 Å². The number of anilines is 1. The van der Waals surface area contributed by atoms with Crippen molar-refractivity contribution in [3.63, 3.8) is 0 Å². The Bertz CT molecular complexity index is 564. The highest BCUT2D eigenvalue weighted by Gasteiger charge is 2.15. The molecule has 0 bridgehead atoms. The molecule has 0 unspecified atom stereocenters. The molecule has 1 aromatic carbocycles. The topological polar surface area (TPSA) is 83.5 Å². The Morgan fingerprint density at radius 2 is 2.00 bits per heavy atom. The van der Waals surface area contributed by atoms with E-state index in [4.69, 9.17) is 0 Å². The summed E-state index contributed by atoms with van der Waals surface area (Å²) in [5.74, 6) is -0.245. The molecule has 1 rings (SSSR count). The minimum absolute atomic E-state index is 0.0306. The number of hydrogen-bond donors (Lipinski definition) is 2. The molecule has 0 saturated carbocycles. The first-order valence-electron chi connectivity index (χ1n) is 6.12. The Labute approximate surface area is 113 Å². The maximum Gasteiger partial charge on any atom is 0.224 e. The lowest BCUT2D eigenvalue weighted by molar-refractivity contribution is -0.116. The van der Waals surface area contributed by atoms with Crippen molar-refractivity contribution in [1.82, 2.24) is 0 Å². The minimum Gasteiger partial charge on any atom is -0.506 e. The Hall–Kier alpha value is -1.56. The molecule has 19 heavy (non-hydrogen) atoms. The van der Waals surface area contributed by atoms with Crippen molar-refractivity contribution in [2.75, 3.05) is 11.1 Å². The van der Waals surface area contributed by atoms with Crippen LogP contribution in [0.4, 0.5) is 5.69 Å². The van der Waals surface area contributed by atoms with Crippen LogP contribution in [0.15, 0.2) is 23.1 Å². The van der Waals surface area contributed by atoms with Crippen LogP contribution in [0.1, 0.15) is 27.2 Å². The molecule has 0 aliphatic heterocycles. The normalized spacial score (nSPS) is 11.6. The zero-order valence-corrected chi connectivity index (χ0v) is 12.1. The average molecular weight is 285 g/mol. The first-order valence-corrected chi connectivity index (χ1v) is 7.77. The summed E-state index contributed by atoms with van der Waals surface area (Å²) < 4.78 is 23.5. The van der Waals surface area contributed by atoms with E-state index in [2.05, 4.69) is 5.32 Å². The molecule has 0 atom stereocenters. The molecule has 1 aromatic rings. The molecular weight excluding hydrogens is 266 g/mol. The summed E-state index contributed by atoms with van der Waals surface area (Å²) >= 11 is 0. The molecule has 0 saturated heterocycles. The van der Waals surface area contributed by atoms with Gasteiger partial charge in [0.05, 0.1) is 16.3 Å². The zero-order valence-electron chi connectivity index (χ0n) is 11.3. The van der Waals surface area contributed by atoms with Crippen molar-refractivity contribution in [3.8, 4) is 5.75 Å². The summed E-state index contributed by atoms with van der Waals surface area (Å²) in [5.41, 5.74) is 0.125. The van der Waals surface area contributed by atoms with Gasteiger partial charge in [-0.3, -0.25) is 4.79 Å². The van der Waals surface area contributed by atoms with Crippen molar-refractivity contribution in [2.24, 2.45) is 5.92 Å². The molecule has 6 heteroatoms. The fourth-order valence-electron chi connectivity index (χ4n) is 1.55. The van der Waals surface area contributed by atoms with Gasteiger partial charge in [-0.05, 0) is 24.1 Å². The largest absolute Gasteiger partial charge is 0.506 e. The van der Waals surface area contributed by atoms with E-state index in [0.717, 1.165) is 0 Å². The predicted octanol–water partition coefficient (Wildman–Crippen LogP) is 2.17. The summed E-state index contributed by atoms with van der Waals surface area (Å²) in [6.07, 6.45) is 0.310. The predicted molar refractivity (Wildman–Crippen MR) is 73.9 cm³/mol. The molecular formula is C13H19NO4S. The molecule has 0 aliphatic rings. The van der Waals surface area contributed by atoms with E-state index in [1.807, 2.05) is 13.8 Å². The number of carbonyl (C=O) groups excluding carboxylic acids is 1. The van der Waals surface area contributed by atoms with Crippen LogP contribution in [-0.2, 0) is 14.6 Å². The van der Waals surface area contributed by atoms with Crippen LogP contribution < -0.4 is 5.32 Å². The second-order valence-corrected chi connectivity index (χ2v) is 7.01. The Morgan fingerprint density at radius 1 is 1.37 bits per heavy atom. The third-order valence-corrected chi connectivity index (χ3v) is 4.31. The number of aromatic hydroxyl groups is 1. The number of phenols is 1. The van der Waals surface area contributed by atoms with E-state index >= 15 is 0 Å². The van der Waals surface area contributed by atoms with Crippen molar-refractivity contribution in [2.45, 2.75) is 32.1 Å². The van der Waals surface area contributed by atoms with Crippen LogP contribution in [0.5, 0.6) is 5.75 Å². The lowest BCUT2D eigenvalue weighted by Crippen LogP contribution is -2.14. The van der Waals surface area contributed by atoms with E-state index < -0.39 is 9.84 Å². The summed E-state index contributed by atoms with van der Waals surface area (Å²) in [7, 11) is -3.36. The van der Waals surface area contributed by atoms with Gasteiger partial charge in [-0.15, -0.1) is 0 Å². The fraction of sp³-hybridized carbons (Fsp3) is 0.462. The van der Waals surface area contributed by atoms with Gasteiger partial charge in [0.1, 0.15) is 5.75 Å². The quantitative estimate of drug-likeness (QED) is 0.812. The van der Waals surface area contributed by atoms with Crippen molar-refractivity contribution >= 4 is 21.4 Å². The zero-order chi connectivity index (χ0) is 14.6. The monoisotopic (exact) mass is 285 g/mol. The van der Waals surface area contributed by atoms with Gasteiger partial charge in [-0.2, -0.15) is 0 Å². The number of nitrogens with one attached hydrogen (secondary N) is 1. The minimum atomic E-state index is -3.36. The molecule has 0 aliphatic carbocycles. The van der Waals surface area contributed by atoms with E-state index in [9.17, 15) is 18.3 Å². The van der Waals surface area contributed by atoms with E-state index in [1.165, 1.54) is 18.2 Å². The average Bonchev–Trinajstić information content (AvgIpc) is 2.30. The number of rotatable bonds is 5. The first kappa shape index (κ1) is 15.5. The maximum absolute atomic E-state index is 11.7. The van der Waals surface area contributed by atoms with Crippen molar-refractivity contribution in [3.05, 3.63) is 18.2 Å². The SMILES string of the molecule is CCS(=O)(=O)c1ccc(O)c(NC(=O)CC(C)C)c1.